The number of nitrogens with zero attached hydrogens (tertiary/aromatic N) is 3. The van der Waals surface area contributed by atoms with Gasteiger partial charge in [-0.05, 0) is 64.4 Å². The molecule has 184 valence electrons. The lowest BCUT2D eigenvalue weighted by Crippen LogP contribution is -2.49. The number of nitrogens with one attached hydrogen (secondary N) is 2. The van der Waals surface area contributed by atoms with Crippen LogP contribution in [0.1, 0.15) is 45.0 Å². The lowest BCUT2D eigenvalue weighted by Gasteiger charge is -2.25. The summed E-state index contributed by atoms with van der Waals surface area (Å²) in [6.45, 7) is 6.42. The normalized spacial score (nSPS) is 12.1. The summed E-state index contributed by atoms with van der Waals surface area (Å²) in [5, 5.41) is 13.7. The van der Waals surface area contributed by atoms with Crippen LogP contribution in [-0.2, 0) is 27.4 Å². The minimum absolute atomic E-state index is 0.297. The molecule has 0 bridgehead atoms. The molecule has 3 N–H and O–H groups in total. The van der Waals surface area contributed by atoms with E-state index in [4.69, 9.17) is 9.84 Å². The van der Waals surface area contributed by atoms with Crippen molar-refractivity contribution in [3.63, 3.8) is 0 Å². The Bertz CT molecular complexity index is 877. The molecule has 0 aliphatic rings. The molecule has 2 aromatic rings. The van der Waals surface area contributed by atoms with E-state index in [0.717, 1.165) is 11.4 Å². The first-order valence-electron chi connectivity index (χ1n) is 11.1. The Kier molecular flexibility index (Phi) is 10.4. The van der Waals surface area contributed by atoms with Crippen molar-refractivity contribution in [3.05, 3.63) is 60.2 Å². The summed E-state index contributed by atoms with van der Waals surface area (Å²) >= 11 is 0. The van der Waals surface area contributed by atoms with E-state index in [-0.39, 0.29) is 0 Å². The number of carboxylic acid groups (broad SMARTS) is 1. The number of aliphatic carboxylic acids is 1. The Morgan fingerprint density at radius 2 is 1.62 bits per heavy atom. The zero-order valence-corrected chi connectivity index (χ0v) is 19.9. The van der Waals surface area contributed by atoms with E-state index >= 15 is 0 Å². The third kappa shape index (κ3) is 10.9. The Labute approximate surface area is 199 Å². The number of ether oxygens (including phenoxy) is 1. The molecule has 2 rings (SSSR count). The first-order valence-corrected chi connectivity index (χ1v) is 11.1. The van der Waals surface area contributed by atoms with Crippen LogP contribution in [0.2, 0.25) is 0 Å². The number of hydrogen-bond acceptors (Lipinski definition) is 7. The minimum Gasteiger partial charge on any atom is -0.480 e. The highest BCUT2D eigenvalue weighted by Crippen LogP contribution is 2.11. The van der Waals surface area contributed by atoms with Gasteiger partial charge in [0.15, 0.2) is 0 Å². The predicted octanol–water partition coefficient (Wildman–Crippen LogP) is 2.35. The second kappa shape index (κ2) is 13.2. The van der Waals surface area contributed by atoms with Gasteiger partial charge in [-0.3, -0.25) is 24.5 Å². The molecular formula is C24H33N5O5. The van der Waals surface area contributed by atoms with Crippen LogP contribution in [0, 0.1) is 0 Å². The zero-order valence-electron chi connectivity index (χ0n) is 19.9. The fraction of sp³-hybridized carbons (Fsp3) is 0.458. The fourth-order valence-electron chi connectivity index (χ4n) is 3.18. The molecule has 0 spiro atoms. The van der Waals surface area contributed by atoms with Crippen LogP contribution in [0.25, 0.3) is 0 Å². The molecule has 0 aliphatic heterocycles. The number of hydrogen-bond donors (Lipinski definition) is 3. The van der Waals surface area contributed by atoms with Gasteiger partial charge in [0.1, 0.15) is 18.2 Å². The van der Waals surface area contributed by atoms with Gasteiger partial charge in [-0.15, -0.1) is 0 Å². The van der Waals surface area contributed by atoms with Gasteiger partial charge >= 0.3 is 12.1 Å². The van der Waals surface area contributed by atoms with Crippen LogP contribution >= 0.6 is 0 Å². The molecule has 0 radical (unpaired) electrons. The number of pyridine rings is 2. The molecule has 2 aromatic heterocycles. The van der Waals surface area contributed by atoms with E-state index in [9.17, 15) is 14.4 Å². The molecule has 0 saturated carbocycles. The van der Waals surface area contributed by atoms with Crippen LogP contribution in [0.15, 0.2) is 48.8 Å². The maximum atomic E-state index is 12.5. The molecule has 2 amide bonds. The third-order valence-corrected chi connectivity index (χ3v) is 4.61. The lowest BCUT2D eigenvalue weighted by molar-refractivity contribution is -0.138. The van der Waals surface area contributed by atoms with Gasteiger partial charge in [0.05, 0.1) is 11.4 Å². The second-order valence-electron chi connectivity index (χ2n) is 8.81. The molecule has 0 unspecified atom stereocenters. The van der Waals surface area contributed by atoms with Crippen molar-refractivity contribution in [2.45, 2.75) is 58.3 Å². The monoisotopic (exact) mass is 471 g/mol. The number of rotatable bonds is 12. The highest BCUT2D eigenvalue weighted by molar-refractivity contribution is 5.87. The molecule has 34 heavy (non-hydrogen) atoms. The summed E-state index contributed by atoms with van der Waals surface area (Å²) in [5.74, 6) is -1.74. The fourth-order valence-corrected chi connectivity index (χ4v) is 3.18. The number of carbonyl (C=O) groups is 3. The maximum absolute atomic E-state index is 12.5. The van der Waals surface area contributed by atoms with E-state index in [1.54, 1.807) is 33.2 Å². The zero-order chi connectivity index (χ0) is 25.0. The summed E-state index contributed by atoms with van der Waals surface area (Å²) in [7, 11) is 0. The van der Waals surface area contributed by atoms with Crippen molar-refractivity contribution in [3.8, 4) is 0 Å². The molecular weight excluding hydrogens is 438 g/mol. The smallest absolute Gasteiger partial charge is 0.408 e. The minimum atomic E-state index is -1.17. The van der Waals surface area contributed by atoms with Crippen LogP contribution in [0.5, 0.6) is 0 Å². The number of aromatic nitrogens is 2. The van der Waals surface area contributed by atoms with Gasteiger partial charge in [-0.25, -0.2) is 4.79 Å². The van der Waals surface area contributed by atoms with E-state index in [1.165, 1.54) is 0 Å². The van der Waals surface area contributed by atoms with Crippen LogP contribution in [0.3, 0.4) is 0 Å². The van der Waals surface area contributed by atoms with Gasteiger partial charge in [0.2, 0.25) is 5.91 Å². The Hall–Kier alpha value is -3.53. The lowest BCUT2D eigenvalue weighted by atomic mass is 10.1. The number of carbonyl (C=O) groups excluding carboxylic acids is 2. The summed E-state index contributed by atoms with van der Waals surface area (Å²) in [5.41, 5.74) is 1.08. The molecule has 0 aromatic carbocycles. The van der Waals surface area contributed by atoms with Gasteiger partial charge in [0, 0.05) is 25.5 Å². The summed E-state index contributed by atoms with van der Waals surface area (Å²) < 4.78 is 5.26. The quantitative estimate of drug-likeness (QED) is 0.430. The number of amides is 2. The predicted molar refractivity (Wildman–Crippen MR) is 126 cm³/mol. The van der Waals surface area contributed by atoms with Crippen molar-refractivity contribution >= 4 is 18.0 Å². The van der Waals surface area contributed by atoms with E-state index in [0.29, 0.717) is 32.5 Å². The van der Waals surface area contributed by atoms with Crippen molar-refractivity contribution in [2.24, 2.45) is 0 Å². The average molecular weight is 472 g/mol. The molecule has 2 heterocycles. The van der Waals surface area contributed by atoms with Crippen molar-refractivity contribution in [2.75, 3.05) is 13.1 Å². The average Bonchev–Trinajstić information content (AvgIpc) is 2.77. The summed E-state index contributed by atoms with van der Waals surface area (Å²) in [6.07, 6.45) is 3.59. The highest BCUT2D eigenvalue weighted by Gasteiger charge is 2.24. The van der Waals surface area contributed by atoms with Gasteiger partial charge in [0.25, 0.3) is 0 Å². The van der Waals surface area contributed by atoms with E-state index < -0.39 is 36.2 Å². The van der Waals surface area contributed by atoms with E-state index in [2.05, 4.69) is 25.5 Å². The Morgan fingerprint density at radius 1 is 1.03 bits per heavy atom. The first-order chi connectivity index (χ1) is 16.1. The number of carboxylic acids is 1. The largest absolute Gasteiger partial charge is 0.480 e. The SMILES string of the molecule is CC(C)(C)OC(=O)N[C@@H](CCCN(Cc1ccccn1)Cc1ccccn1)C(=O)NCC(=O)O. The topological polar surface area (TPSA) is 134 Å². The Morgan fingerprint density at radius 3 is 2.09 bits per heavy atom. The highest BCUT2D eigenvalue weighted by atomic mass is 16.6. The number of alkyl carbamates (subject to hydrolysis) is 1. The summed E-state index contributed by atoms with van der Waals surface area (Å²) in [6, 6.07) is 10.5. The van der Waals surface area contributed by atoms with Gasteiger partial charge in [-0.2, -0.15) is 0 Å². The van der Waals surface area contributed by atoms with Crippen LogP contribution in [-0.4, -0.2) is 62.7 Å². The van der Waals surface area contributed by atoms with Crippen LogP contribution in [0.4, 0.5) is 4.79 Å². The summed E-state index contributed by atoms with van der Waals surface area (Å²) in [4.78, 5) is 46.5. The molecule has 10 nitrogen and oxygen atoms in total. The van der Waals surface area contributed by atoms with Crippen LogP contribution < -0.4 is 10.6 Å². The van der Waals surface area contributed by atoms with Gasteiger partial charge < -0.3 is 20.5 Å². The maximum Gasteiger partial charge on any atom is 0.408 e. The van der Waals surface area contributed by atoms with Gasteiger partial charge in [-0.1, -0.05) is 12.1 Å². The Balaban J connectivity index is 2.03. The van der Waals surface area contributed by atoms with E-state index in [1.807, 2.05) is 36.4 Å². The molecule has 0 fully saturated rings. The molecule has 0 aliphatic carbocycles. The second-order valence-corrected chi connectivity index (χ2v) is 8.81. The third-order valence-electron chi connectivity index (χ3n) is 4.61. The standard InChI is InChI=1S/C24H33N5O5/c1-24(2,3)34-23(33)28-20(22(32)27-15-21(30)31)11-8-14-29(16-18-9-4-6-12-25-18)17-19-10-5-7-13-26-19/h4-7,9-10,12-13,20H,8,11,14-17H2,1-3H3,(H,27,32)(H,28,33)(H,30,31)/t20-/m0/s1. The molecule has 0 saturated heterocycles. The molecule has 1 atom stereocenters. The van der Waals surface area contributed by atoms with Crippen molar-refractivity contribution in [1.29, 1.82) is 0 Å². The van der Waals surface area contributed by atoms with Crippen molar-refractivity contribution in [1.82, 2.24) is 25.5 Å². The first kappa shape index (κ1) is 26.7. The molecule has 10 heteroatoms. The van der Waals surface area contributed by atoms with Crippen molar-refractivity contribution < 1.29 is 24.2 Å².